The van der Waals surface area contributed by atoms with E-state index < -0.39 is 50.8 Å². The summed E-state index contributed by atoms with van der Waals surface area (Å²) in [7, 11) is 0. The van der Waals surface area contributed by atoms with E-state index in [1.54, 1.807) is 24.3 Å². The van der Waals surface area contributed by atoms with Crippen LogP contribution in [0.5, 0.6) is 0 Å². The molecular weight excluding hydrogens is 556 g/mol. The number of carbonyl (C=O) groups excluding carboxylic acids is 2. The summed E-state index contributed by atoms with van der Waals surface area (Å²) in [6.07, 6.45) is -2.00. The van der Waals surface area contributed by atoms with Gasteiger partial charge in [-0.2, -0.15) is 5.26 Å². The number of unbranched alkanes of at least 4 members (excludes halogenated alkanes) is 1. The molecule has 0 saturated heterocycles. The van der Waals surface area contributed by atoms with Crippen molar-refractivity contribution in [3.05, 3.63) is 78.3 Å². The minimum atomic E-state index is -1.65. The fourth-order valence-corrected chi connectivity index (χ4v) is 3.68. The Labute approximate surface area is 219 Å². The smallest absolute Gasteiger partial charge is 0.424 e. The van der Waals surface area contributed by atoms with E-state index in [-0.39, 0.29) is 31.0 Å². The summed E-state index contributed by atoms with van der Waals surface area (Å²) in [6, 6.07) is 9.70. The Morgan fingerprint density at radius 1 is 1.14 bits per heavy atom. The minimum absolute atomic E-state index is 0.0899. The number of carbonyl (C=O) groups is 2. The van der Waals surface area contributed by atoms with Crippen LogP contribution in [0.4, 0.5) is 16.2 Å². The van der Waals surface area contributed by atoms with Crippen molar-refractivity contribution in [1.82, 2.24) is 10.6 Å². The van der Waals surface area contributed by atoms with Gasteiger partial charge in [-0.1, -0.05) is 33.2 Å². The van der Waals surface area contributed by atoms with E-state index >= 15 is 0 Å². The Balaban J connectivity index is 2.33. The van der Waals surface area contributed by atoms with E-state index in [1.165, 1.54) is 0 Å². The number of amides is 1. The lowest BCUT2D eigenvalue weighted by molar-refractivity contribution is -0.394. The maximum atomic E-state index is 13.3. The molecule has 0 aromatic heterocycles. The van der Waals surface area contributed by atoms with Crippen LogP contribution in [0.1, 0.15) is 47.7 Å². The topological polar surface area (TPSA) is 215 Å². The van der Waals surface area contributed by atoms with Gasteiger partial charge in [0.1, 0.15) is 12.1 Å². The Morgan fingerprint density at radius 2 is 1.73 bits per heavy atom. The first-order valence-electron chi connectivity index (χ1n) is 10.8. The van der Waals surface area contributed by atoms with Gasteiger partial charge in [-0.3, -0.25) is 30.2 Å². The zero-order valence-corrected chi connectivity index (χ0v) is 20.9. The van der Waals surface area contributed by atoms with Crippen molar-refractivity contribution < 1.29 is 29.4 Å². The Morgan fingerprint density at radius 3 is 2.24 bits per heavy atom. The van der Waals surface area contributed by atoms with Crippen molar-refractivity contribution in [2.24, 2.45) is 5.73 Å². The molecule has 0 heterocycles. The van der Waals surface area contributed by atoms with Crippen LogP contribution in [-0.4, -0.2) is 44.7 Å². The molecule has 37 heavy (non-hydrogen) atoms. The summed E-state index contributed by atoms with van der Waals surface area (Å²) < 4.78 is 5.99. The SMILES string of the molecule is N#CCC(OC(=O)NN(O)[C@@H](CCCCN)C(=O)c1c([N+](=O)[O-])cccc1[N+](=O)[O-])c1ccc(Br)cc1. The van der Waals surface area contributed by atoms with E-state index in [0.29, 0.717) is 12.0 Å². The van der Waals surface area contributed by atoms with Crippen molar-refractivity contribution in [3.8, 4) is 6.07 Å². The van der Waals surface area contributed by atoms with Crippen molar-refractivity contribution in [1.29, 1.82) is 5.26 Å². The number of rotatable bonds is 13. The maximum absolute atomic E-state index is 13.3. The first-order chi connectivity index (χ1) is 17.6. The lowest BCUT2D eigenvalue weighted by Gasteiger charge is -2.26. The van der Waals surface area contributed by atoms with Gasteiger partial charge in [0.05, 0.1) is 22.3 Å². The third-order valence-corrected chi connectivity index (χ3v) is 5.69. The highest BCUT2D eigenvalue weighted by Gasteiger charge is 2.37. The van der Waals surface area contributed by atoms with Crippen LogP contribution in [0, 0.1) is 31.6 Å². The van der Waals surface area contributed by atoms with Gasteiger partial charge in [0.25, 0.3) is 11.4 Å². The van der Waals surface area contributed by atoms with Crippen LogP contribution in [0.25, 0.3) is 0 Å². The van der Waals surface area contributed by atoms with Crippen LogP contribution in [0.2, 0.25) is 0 Å². The quantitative estimate of drug-likeness (QED) is 0.134. The normalized spacial score (nSPS) is 12.3. The molecule has 14 nitrogen and oxygen atoms in total. The molecule has 1 unspecified atom stereocenters. The highest BCUT2D eigenvalue weighted by Crippen LogP contribution is 2.31. The zero-order valence-electron chi connectivity index (χ0n) is 19.3. The molecule has 15 heteroatoms. The van der Waals surface area contributed by atoms with Crippen molar-refractivity contribution in [2.45, 2.75) is 37.8 Å². The zero-order chi connectivity index (χ0) is 27.5. The first-order valence-corrected chi connectivity index (χ1v) is 11.6. The number of nitrogens with zero attached hydrogens (tertiary/aromatic N) is 4. The molecular formula is C22H23BrN6O8. The molecule has 0 fully saturated rings. The number of hydroxylamine groups is 1. The number of nitro benzene ring substituents is 2. The van der Waals surface area contributed by atoms with E-state index in [4.69, 9.17) is 15.7 Å². The van der Waals surface area contributed by atoms with Gasteiger partial charge in [-0.15, -0.1) is 0 Å². The number of hydrogen-bond donors (Lipinski definition) is 3. The molecule has 2 rings (SSSR count). The number of nitrogens with one attached hydrogen (secondary N) is 1. The molecule has 0 aliphatic carbocycles. The molecule has 0 bridgehead atoms. The molecule has 0 aliphatic rings. The average molecular weight is 579 g/mol. The second kappa shape index (κ2) is 13.9. The summed E-state index contributed by atoms with van der Waals surface area (Å²) in [5, 5.41) is 42.7. The molecule has 0 radical (unpaired) electrons. The highest BCUT2D eigenvalue weighted by atomic mass is 79.9. The van der Waals surface area contributed by atoms with Crippen molar-refractivity contribution >= 4 is 39.2 Å². The van der Waals surface area contributed by atoms with E-state index in [0.717, 1.165) is 22.7 Å². The van der Waals surface area contributed by atoms with Crippen LogP contribution in [0.3, 0.4) is 0 Å². The Bertz CT molecular complexity index is 1150. The van der Waals surface area contributed by atoms with Gasteiger partial charge in [0, 0.05) is 16.6 Å². The Hall–Kier alpha value is -3.97. The molecule has 0 aliphatic heterocycles. The maximum Gasteiger partial charge on any atom is 0.424 e. The van der Waals surface area contributed by atoms with Gasteiger partial charge in [-0.05, 0) is 49.6 Å². The van der Waals surface area contributed by atoms with Gasteiger partial charge in [0.2, 0.25) is 0 Å². The summed E-state index contributed by atoms with van der Waals surface area (Å²) in [6.45, 7) is 0.233. The third kappa shape index (κ3) is 8.02. The number of hydrazine groups is 1. The fraction of sp³-hybridized carbons (Fsp3) is 0.318. The molecule has 2 atom stereocenters. The number of nitro groups is 2. The molecule has 196 valence electrons. The second-order valence-electron chi connectivity index (χ2n) is 7.61. The van der Waals surface area contributed by atoms with Crippen LogP contribution in [-0.2, 0) is 4.74 Å². The van der Waals surface area contributed by atoms with Gasteiger partial charge < -0.3 is 10.5 Å². The van der Waals surface area contributed by atoms with E-state index in [1.807, 2.05) is 11.5 Å². The number of nitriles is 1. The number of ketones is 1. The molecule has 0 spiro atoms. The average Bonchev–Trinajstić information content (AvgIpc) is 2.85. The number of hydrogen-bond acceptors (Lipinski definition) is 11. The summed E-state index contributed by atoms with van der Waals surface area (Å²) in [5.41, 5.74) is 5.41. The number of ether oxygens (including phenoxy) is 1. The van der Waals surface area contributed by atoms with Gasteiger partial charge >= 0.3 is 6.09 Å². The van der Waals surface area contributed by atoms with Crippen LogP contribution < -0.4 is 11.2 Å². The van der Waals surface area contributed by atoms with Crippen molar-refractivity contribution in [2.75, 3.05) is 6.54 Å². The molecule has 1 amide bonds. The Kier molecular flexibility index (Phi) is 11.0. The predicted molar refractivity (Wildman–Crippen MR) is 131 cm³/mol. The molecule has 2 aromatic carbocycles. The largest absolute Gasteiger partial charge is 0.439 e. The van der Waals surface area contributed by atoms with E-state index in [9.17, 15) is 35.0 Å². The molecule has 0 saturated carbocycles. The monoisotopic (exact) mass is 578 g/mol. The fourth-order valence-electron chi connectivity index (χ4n) is 3.41. The number of halogens is 1. The lowest BCUT2D eigenvalue weighted by Crippen LogP contribution is -2.50. The van der Waals surface area contributed by atoms with Crippen LogP contribution >= 0.6 is 15.9 Å². The van der Waals surface area contributed by atoms with E-state index in [2.05, 4.69) is 15.9 Å². The number of nitrogens with two attached hydrogens (primary N) is 1. The molecule has 2 aromatic rings. The summed E-state index contributed by atoms with van der Waals surface area (Å²) >= 11 is 3.27. The number of Topliss-reactive ketones (excluding diaryl/α,β-unsaturated/α-hetero) is 1. The molecule has 4 N–H and O–H groups in total. The third-order valence-electron chi connectivity index (χ3n) is 5.16. The van der Waals surface area contributed by atoms with Gasteiger partial charge in [0.15, 0.2) is 11.3 Å². The minimum Gasteiger partial charge on any atom is -0.439 e. The predicted octanol–water partition coefficient (Wildman–Crippen LogP) is 3.93. The standard InChI is InChI=1S/C22H23BrN6O8/c23-15-9-7-14(8-10-15)19(11-13-25)37-22(31)26-27(32)18(4-1-2-12-24)21(30)20-16(28(33)34)5-3-6-17(20)29(35)36/h3,5-10,18-19,32H,1-2,4,11-12,24H2,(H,26,31)/t18-,19?/m0/s1. The highest BCUT2D eigenvalue weighted by molar-refractivity contribution is 9.10. The van der Waals surface area contributed by atoms with Crippen LogP contribution in [0.15, 0.2) is 46.9 Å². The van der Waals surface area contributed by atoms with Gasteiger partial charge in [-0.25, -0.2) is 10.2 Å². The summed E-state index contributed by atoms with van der Waals surface area (Å²) in [5.74, 6) is -1.17. The first kappa shape index (κ1) is 29.3. The van der Waals surface area contributed by atoms with Crippen molar-refractivity contribution in [3.63, 3.8) is 0 Å². The second-order valence-corrected chi connectivity index (χ2v) is 8.53. The summed E-state index contributed by atoms with van der Waals surface area (Å²) in [4.78, 5) is 46.9. The lowest BCUT2D eigenvalue weighted by atomic mass is 9.97. The number of benzene rings is 2.